The first-order chi connectivity index (χ1) is 11.1. The number of halogens is 1. The predicted molar refractivity (Wildman–Crippen MR) is 86.6 cm³/mol. The van der Waals surface area contributed by atoms with Crippen molar-refractivity contribution in [2.75, 3.05) is 6.61 Å². The van der Waals surface area contributed by atoms with Gasteiger partial charge in [-0.2, -0.15) is 9.37 Å². The fourth-order valence-electron chi connectivity index (χ4n) is 1.84. The molecule has 0 amide bonds. The van der Waals surface area contributed by atoms with Gasteiger partial charge in [-0.3, -0.25) is 0 Å². The second kappa shape index (κ2) is 8.36. The van der Waals surface area contributed by atoms with Crippen molar-refractivity contribution in [1.29, 1.82) is 0 Å². The third-order valence-corrected chi connectivity index (χ3v) is 3.23. The number of hydrogen-bond donors (Lipinski definition) is 0. The summed E-state index contributed by atoms with van der Waals surface area (Å²) in [6, 6.07) is 11.9. The monoisotopic (exact) mass is 319 g/mol. The zero-order chi connectivity index (χ0) is 16.7. The molecule has 0 saturated heterocycles. The molecule has 0 aliphatic rings. The molecule has 2 unspecified atom stereocenters. The van der Waals surface area contributed by atoms with E-state index in [1.807, 2.05) is 38.1 Å². The summed E-state index contributed by atoms with van der Waals surface area (Å²) < 4.78 is 29.9. The van der Waals surface area contributed by atoms with Gasteiger partial charge >= 0.3 is 0 Å². The molecule has 0 bridgehead atoms. The van der Waals surface area contributed by atoms with Crippen LogP contribution in [0.25, 0.3) is 0 Å². The largest absolute Gasteiger partial charge is 0.491 e. The Morgan fingerprint density at radius 2 is 1.65 bits per heavy atom. The van der Waals surface area contributed by atoms with Gasteiger partial charge in [-0.1, -0.05) is 13.0 Å². The molecule has 0 aliphatic heterocycles. The van der Waals surface area contributed by atoms with Gasteiger partial charge in [0, 0.05) is 6.07 Å². The van der Waals surface area contributed by atoms with Crippen LogP contribution in [0.2, 0.25) is 0 Å². The first-order valence-electron chi connectivity index (χ1n) is 7.75. The van der Waals surface area contributed by atoms with Crippen molar-refractivity contribution in [3.8, 4) is 17.4 Å². The van der Waals surface area contributed by atoms with E-state index in [1.54, 1.807) is 12.1 Å². The molecule has 0 N–H and O–H groups in total. The minimum atomic E-state index is -0.562. The number of benzene rings is 1. The average molecular weight is 319 g/mol. The van der Waals surface area contributed by atoms with Crippen LogP contribution in [0.15, 0.2) is 42.5 Å². The molecule has 1 heterocycles. The van der Waals surface area contributed by atoms with E-state index in [9.17, 15) is 4.39 Å². The van der Waals surface area contributed by atoms with E-state index in [0.717, 1.165) is 17.9 Å². The summed E-state index contributed by atoms with van der Waals surface area (Å²) in [6.07, 6.45) is 0.899. The maximum Gasteiger partial charge on any atom is 0.216 e. The van der Waals surface area contributed by atoms with Crippen LogP contribution in [0.3, 0.4) is 0 Å². The zero-order valence-corrected chi connectivity index (χ0v) is 13.7. The van der Waals surface area contributed by atoms with Gasteiger partial charge in [-0.15, -0.1) is 0 Å². The van der Waals surface area contributed by atoms with Gasteiger partial charge in [0.1, 0.15) is 24.2 Å². The fraction of sp³-hybridized carbons (Fsp3) is 0.389. The maximum absolute atomic E-state index is 13.0. The molecule has 0 spiro atoms. The Morgan fingerprint density at radius 1 is 0.957 bits per heavy atom. The zero-order valence-electron chi connectivity index (χ0n) is 13.7. The highest BCUT2D eigenvalue weighted by Gasteiger charge is 2.07. The quantitative estimate of drug-likeness (QED) is 0.682. The van der Waals surface area contributed by atoms with Crippen LogP contribution in [0.1, 0.15) is 27.2 Å². The molecule has 1 aromatic carbocycles. The van der Waals surface area contributed by atoms with Crippen LogP contribution in [0, 0.1) is 5.95 Å². The number of rotatable bonds is 8. The molecule has 2 aromatic rings. The third kappa shape index (κ3) is 5.77. The van der Waals surface area contributed by atoms with Gasteiger partial charge in [0.2, 0.25) is 11.8 Å². The van der Waals surface area contributed by atoms with Gasteiger partial charge < -0.3 is 14.2 Å². The highest BCUT2D eigenvalue weighted by molar-refractivity contribution is 5.31. The standard InChI is InChI=1S/C18H22FNO3/c1-4-13(2)22-16-10-8-15(9-11-16)21-12-14(3)23-18-7-5-6-17(19)20-18/h5-11,13-14H,4,12H2,1-3H3. The van der Waals surface area contributed by atoms with Crippen LogP contribution in [-0.4, -0.2) is 23.8 Å². The molecule has 1 aromatic heterocycles. The number of pyridine rings is 1. The molecular formula is C18H22FNO3. The molecule has 5 heteroatoms. The molecule has 124 valence electrons. The van der Waals surface area contributed by atoms with E-state index in [0.29, 0.717) is 6.61 Å². The predicted octanol–water partition coefficient (Wildman–Crippen LogP) is 4.24. The van der Waals surface area contributed by atoms with E-state index in [2.05, 4.69) is 11.9 Å². The van der Waals surface area contributed by atoms with Crippen molar-refractivity contribution in [1.82, 2.24) is 4.98 Å². The van der Waals surface area contributed by atoms with Gasteiger partial charge in [-0.25, -0.2) is 0 Å². The Bertz CT molecular complexity index is 603. The van der Waals surface area contributed by atoms with Crippen molar-refractivity contribution in [2.45, 2.75) is 39.4 Å². The van der Waals surface area contributed by atoms with Crippen LogP contribution in [0.5, 0.6) is 17.4 Å². The molecular weight excluding hydrogens is 297 g/mol. The van der Waals surface area contributed by atoms with Crippen molar-refractivity contribution in [3.05, 3.63) is 48.4 Å². The molecule has 2 rings (SSSR count). The number of hydrogen-bond acceptors (Lipinski definition) is 4. The van der Waals surface area contributed by atoms with Gasteiger partial charge in [0.05, 0.1) is 6.10 Å². The number of ether oxygens (including phenoxy) is 3. The second-order valence-corrected chi connectivity index (χ2v) is 5.35. The summed E-state index contributed by atoms with van der Waals surface area (Å²) in [5.41, 5.74) is 0. The van der Waals surface area contributed by atoms with Crippen molar-refractivity contribution < 1.29 is 18.6 Å². The topological polar surface area (TPSA) is 40.6 Å². The normalized spacial score (nSPS) is 13.2. The summed E-state index contributed by atoms with van der Waals surface area (Å²) in [6.45, 7) is 6.29. The lowest BCUT2D eigenvalue weighted by Crippen LogP contribution is -2.21. The highest BCUT2D eigenvalue weighted by Crippen LogP contribution is 2.19. The van der Waals surface area contributed by atoms with Gasteiger partial charge in [-0.05, 0) is 50.6 Å². The SMILES string of the molecule is CCC(C)Oc1ccc(OCC(C)Oc2cccc(F)n2)cc1. The number of aromatic nitrogens is 1. The fourth-order valence-corrected chi connectivity index (χ4v) is 1.84. The number of nitrogens with zero attached hydrogens (tertiary/aromatic N) is 1. The smallest absolute Gasteiger partial charge is 0.216 e. The maximum atomic E-state index is 13.0. The van der Waals surface area contributed by atoms with Crippen molar-refractivity contribution in [3.63, 3.8) is 0 Å². The minimum absolute atomic E-state index is 0.189. The minimum Gasteiger partial charge on any atom is -0.491 e. The summed E-state index contributed by atoms with van der Waals surface area (Å²) in [4.78, 5) is 3.65. The molecule has 0 saturated carbocycles. The Balaban J connectivity index is 1.81. The highest BCUT2D eigenvalue weighted by atomic mass is 19.1. The van der Waals surface area contributed by atoms with Crippen molar-refractivity contribution in [2.24, 2.45) is 0 Å². The van der Waals surface area contributed by atoms with Gasteiger partial charge in [0.15, 0.2) is 0 Å². The molecule has 2 atom stereocenters. The summed E-state index contributed by atoms with van der Waals surface area (Å²) in [5, 5.41) is 0. The van der Waals surface area contributed by atoms with E-state index in [4.69, 9.17) is 14.2 Å². The summed E-state index contributed by atoms with van der Waals surface area (Å²) in [7, 11) is 0. The van der Waals surface area contributed by atoms with Crippen LogP contribution < -0.4 is 14.2 Å². The van der Waals surface area contributed by atoms with E-state index in [1.165, 1.54) is 6.07 Å². The first-order valence-corrected chi connectivity index (χ1v) is 7.75. The summed E-state index contributed by atoms with van der Waals surface area (Å²) in [5.74, 6) is 1.23. The Labute approximate surface area is 136 Å². The molecule has 23 heavy (non-hydrogen) atoms. The lowest BCUT2D eigenvalue weighted by Gasteiger charge is -2.16. The molecule has 4 nitrogen and oxygen atoms in total. The van der Waals surface area contributed by atoms with Crippen LogP contribution >= 0.6 is 0 Å². The lowest BCUT2D eigenvalue weighted by atomic mass is 10.3. The third-order valence-electron chi connectivity index (χ3n) is 3.23. The van der Waals surface area contributed by atoms with Gasteiger partial charge in [0.25, 0.3) is 0 Å². The Morgan fingerprint density at radius 3 is 2.30 bits per heavy atom. The van der Waals surface area contributed by atoms with Crippen LogP contribution in [0.4, 0.5) is 4.39 Å². The molecule has 0 aliphatic carbocycles. The molecule has 0 radical (unpaired) electrons. The Kier molecular flexibility index (Phi) is 6.20. The van der Waals surface area contributed by atoms with E-state index >= 15 is 0 Å². The molecule has 0 fully saturated rings. The summed E-state index contributed by atoms with van der Waals surface area (Å²) >= 11 is 0. The van der Waals surface area contributed by atoms with E-state index < -0.39 is 5.95 Å². The first kappa shape index (κ1) is 17.1. The average Bonchev–Trinajstić information content (AvgIpc) is 2.54. The second-order valence-electron chi connectivity index (χ2n) is 5.35. The lowest BCUT2D eigenvalue weighted by molar-refractivity contribution is 0.137. The van der Waals surface area contributed by atoms with Crippen molar-refractivity contribution >= 4 is 0 Å². The Hall–Kier alpha value is -2.30. The van der Waals surface area contributed by atoms with E-state index in [-0.39, 0.29) is 18.1 Å². The van der Waals surface area contributed by atoms with Crippen LogP contribution in [-0.2, 0) is 0 Å².